The first-order valence-corrected chi connectivity index (χ1v) is 7.27. The Hall–Kier alpha value is -1.60. The highest BCUT2D eigenvalue weighted by Crippen LogP contribution is 2.54. The lowest BCUT2D eigenvalue weighted by atomic mass is 10.0. The first-order valence-electron chi connectivity index (χ1n) is 7.27. The molecule has 1 heterocycles. The second-order valence-electron chi connectivity index (χ2n) is 5.30. The third-order valence-corrected chi connectivity index (χ3v) is 3.98. The van der Waals surface area contributed by atoms with E-state index in [-0.39, 0.29) is 0 Å². The zero-order chi connectivity index (χ0) is 13.1. The average Bonchev–Trinajstić information content (AvgIpc) is 3.21. The van der Waals surface area contributed by atoms with Crippen LogP contribution in [-0.2, 0) is 0 Å². The monoisotopic (exact) mass is 251 g/mol. The van der Waals surface area contributed by atoms with Crippen molar-refractivity contribution in [1.82, 2.24) is 4.90 Å². The van der Waals surface area contributed by atoms with E-state index in [1.54, 1.807) is 0 Å². The Labute approximate surface area is 115 Å². The average molecular weight is 251 g/mol. The van der Waals surface area contributed by atoms with Crippen LogP contribution in [0.2, 0.25) is 0 Å². The normalized spacial score (nSPS) is 25.2. The van der Waals surface area contributed by atoms with Crippen molar-refractivity contribution in [2.24, 2.45) is 0 Å². The number of hydrogen-bond donors (Lipinski definition) is 0. The fourth-order valence-corrected chi connectivity index (χ4v) is 2.94. The lowest BCUT2D eigenvalue weighted by Crippen LogP contribution is -2.01. The summed E-state index contributed by atoms with van der Waals surface area (Å²) < 4.78 is 0. The van der Waals surface area contributed by atoms with Crippen LogP contribution in [-0.4, -0.2) is 11.4 Å². The van der Waals surface area contributed by atoms with Gasteiger partial charge in [0, 0.05) is 0 Å². The molecule has 0 amide bonds. The minimum Gasteiger partial charge on any atom is -0.285 e. The second kappa shape index (κ2) is 5.58. The molecule has 0 spiro atoms. The molecule has 0 aliphatic carbocycles. The summed E-state index contributed by atoms with van der Waals surface area (Å²) in [6, 6.07) is 23.0. The van der Waals surface area contributed by atoms with Crippen LogP contribution in [0.5, 0.6) is 0 Å². The molecule has 98 valence electrons. The van der Waals surface area contributed by atoms with Crippen molar-refractivity contribution in [2.75, 3.05) is 6.54 Å². The van der Waals surface area contributed by atoms with Gasteiger partial charge in [0.1, 0.15) is 0 Å². The summed E-state index contributed by atoms with van der Waals surface area (Å²) in [7, 11) is 0. The molecular weight excluding hydrogens is 230 g/mol. The van der Waals surface area contributed by atoms with Gasteiger partial charge in [-0.25, -0.2) is 0 Å². The van der Waals surface area contributed by atoms with Gasteiger partial charge in [0.15, 0.2) is 0 Å². The maximum absolute atomic E-state index is 2.62. The summed E-state index contributed by atoms with van der Waals surface area (Å²) in [6.07, 6.45) is 2.55. The first kappa shape index (κ1) is 12.4. The minimum absolute atomic E-state index is 0.579. The van der Waals surface area contributed by atoms with Crippen molar-refractivity contribution >= 4 is 0 Å². The molecule has 2 atom stereocenters. The van der Waals surface area contributed by atoms with Crippen molar-refractivity contribution in [3.63, 3.8) is 0 Å². The van der Waals surface area contributed by atoms with Crippen molar-refractivity contribution in [3.8, 4) is 0 Å². The maximum atomic E-state index is 2.62. The van der Waals surface area contributed by atoms with Gasteiger partial charge in [-0.15, -0.1) is 0 Å². The van der Waals surface area contributed by atoms with Gasteiger partial charge in [-0.05, 0) is 24.1 Å². The molecule has 2 aromatic rings. The molecule has 1 nitrogen and oxygen atoms in total. The molecule has 3 rings (SSSR count). The van der Waals surface area contributed by atoms with E-state index in [1.807, 2.05) is 0 Å². The Morgan fingerprint density at radius 1 is 0.789 bits per heavy atom. The molecule has 0 saturated carbocycles. The fourth-order valence-electron chi connectivity index (χ4n) is 2.94. The van der Waals surface area contributed by atoms with Gasteiger partial charge in [0.2, 0.25) is 0 Å². The summed E-state index contributed by atoms with van der Waals surface area (Å²) >= 11 is 0. The first-order chi connectivity index (χ1) is 9.42. The van der Waals surface area contributed by atoms with Crippen molar-refractivity contribution < 1.29 is 0 Å². The Morgan fingerprint density at radius 2 is 1.26 bits per heavy atom. The Morgan fingerprint density at radius 3 is 1.68 bits per heavy atom. The van der Waals surface area contributed by atoms with Crippen molar-refractivity contribution in [2.45, 2.75) is 31.8 Å². The standard InChI is InChI=1S/C18H21N/c1-2-3-14-19-17(15-10-6-4-7-11-15)18(19)16-12-8-5-9-13-16/h4-13,17-18H,2-3,14H2,1H3/t17-,18-/m0/s1. The Kier molecular flexibility index (Phi) is 3.65. The predicted octanol–water partition coefficient (Wildman–Crippen LogP) is 4.58. The highest BCUT2D eigenvalue weighted by atomic mass is 15.3. The quantitative estimate of drug-likeness (QED) is 0.703. The molecule has 1 heteroatoms. The maximum Gasteiger partial charge on any atom is 0.0552 e. The SMILES string of the molecule is CCCCN1[C@@H](c2ccccc2)[C@@H]1c1ccccc1. The molecule has 0 N–H and O–H groups in total. The second-order valence-corrected chi connectivity index (χ2v) is 5.30. The Balaban J connectivity index is 1.82. The number of benzene rings is 2. The van der Waals surface area contributed by atoms with E-state index in [1.165, 1.54) is 30.5 Å². The van der Waals surface area contributed by atoms with Crippen LogP contribution in [0.1, 0.15) is 43.0 Å². The smallest absolute Gasteiger partial charge is 0.0552 e. The van der Waals surface area contributed by atoms with E-state index in [4.69, 9.17) is 0 Å². The fraction of sp³-hybridized carbons (Fsp3) is 0.333. The van der Waals surface area contributed by atoms with Crippen LogP contribution in [0.15, 0.2) is 60.7 Å². The molecule has 1 saturated heterocycles. The lowest BCUT2D eigenvalue weighted by Gasteiger charge is -2.02. The summed E-state index contributed by atoms with van der Waals surface area (Å²) in [4.78, 5) is 2.62. The van der Waals surface area contributed by atoms with Gasteiger partial charge >= 0.3 is 0 Å². The van der Waals surface area contributed by atoms with Gasteiger partial charge in [-0.1, -0.05) is 74.0 Å². The Bertz CT molecular complexity index is 460. The van der Waals surface area contributed by atoms with Gasteiger partial charge in [0.05, 0.1) is 12.1 Å². The molecule has 0 radical (unpaired) electrons. The number of unbranched alkanes of at least 4 members (excludes halogenated alkanes) is 1. The van der Waals surface area contributed by atoms with Gasteiger partial charge < -0.3 is 0 Å². The number of hydrogen-bond acceptors (Lipinski definition) is 1. The molecule has 0 aromatic heterocycles. The predicted molar refractivity (Wildman–Crippen MR) is 80.0 cm³/mol. The highest BCUT2D eigenvalue weighted by Gasteiger charge is 2.48. The van der Waals surface area contributed by atoms with Crippen LogP contribution < -0.4 is 0 Å². The number of nitrogens with zero attached hydrogens (tertiary/aromatic N) is 1. The van der Waals surface area contributed by atoms with Crippen molar-refractivity contribution in [3.05, 3.63) is 71.8 Å². The topological polar surface area (TPSA) is 3.01 Å². The minimum atomic E-state index is 0.579. The van der Waals surface area contributed by atoms with E-state index in [2.05, 4.69) is 72.5 Å². The highest BCUT2D eigenvalue weighted by molar-refractivity contribution is 5.34. The van der Waals surface area contributed by atoms with Crippen LogP contribution in [0.25, 0.3) is 0 Å². The summed E-state index contributed by atoms with van der Waals surface area (Å²) in [5, 5.41) is 0. The molecule has 2 aromatic carbocycles. The third kappa shape index (κ3) is 2.57. The van der Waals surface area contributed by atoms with Crippen molar-refractivity contribution in [1.29, 1.82) is 0 Å². The van der Waals surface area contributed by atoms with Gasteiger partial charge in [-0.3, -0.25) is 4.90 Å². The molecule has 1 aliphatic rings. The molecule has 0 bridgehead atoms. The van der Waals surface area contributed by atoms with Gasteiger partial charge in [-0.2, -0.15) is 0 Å². The lowest BCUT2D eigenvalue weighted by molar-refractivity contribution is 0.467. The number of rotatable bonds is 5. The van der Waals surface area contributed by atoms with Crippen LogP contribution >= 0.6 is 0 Å². The summed E-state index contributed by atoms with van der Waals surface area (Å²) in [5.41, 5.74) is 2.90. The molecule has 1 aliphatic heterocycles. The van der Waals surface area contributed by atoms with E-state index in [0.717, 1.165) is 0 Å². The van der Waals surface area contributed by atoms with Crippen LogP contribution in [0, 0.1) is 0 Å². The summed E-state index contributed by atoms with van der Waals surface area (Å²) in [6.45, 7) is 3.47. The zero-order valence-corrected chi connectivity index (χ0v) is 11.5. The van der Waals surface area contributed by atoms with E-state index < -0.39 is 0 Å². The van der Waals surface area contributed by atoms with E-state index in [9.17, 15) is 0 Å². The molecule has 19 heavy (non-hydrogen) atoms. The molecule has 0 unspecified atom stereocenters. The van der Waals surface area contributed by atoms with Crippen LogP contribution in [0.4, 0.5) is 0 Å². The molecule has 1 fully saturated rings. The third-order valence-electron chi connectivity index (χ3n) is 3.98. The van der Waals surface area contributed by atoms with Crippen LogP contribution in [0.3, 0.4) is 0 Å². The molecular formula is C18H21N. The van der Waals surface area contributed by atoms with E-state index in [0.29, 0.717) is 12.1 Å². The summed E-state index contributed by atoms with van der Waals surface area (Å²) in [5.74, 6) is 0. The van der Waals surface area contributed by atoms with E-state index >= 15 is 0 Å². The van der Waals surface area contributed by atoms with Gasteiger partial charge in [0.25, 0.3) is 0 Å². The zero-order valence-electron chi connectivity index (χ0n) is 11.5. The largest absolute Gasteiger partial charge is 0.285 e.